The van der Waals surface area contributed by atoms with Crippen molar-refractivity contribution in [3.8, 4) is 0 Å². The molecular formula is C33H46N2O6S. The molecule has 5 N–H and O–H groups in total. The van der Waals surface area contributed by atoms with E-state index in [9.17, 15) is 19.5 Å². The van der Waals surface area contributed by atoms with Crippen LogP contribution in [0.3, 0.4) is 0 Å². The zero-order valence-electron chi connectivity index (χ0n) is 25.2. The van der Waals surface area contributed by atoms with Gasteiger partial charge >= 0.3 is 5.97 Å². The molecule has 0 heterocycles. The van der Waals surface area contributed by atoms with Crippen LogP contribution in [-0.2, 0) is 25.7 Å². The summed E-state index contributed by atoms with van der Waals surface area (Å²) in [5.74, 6) is -0.00113. The molecule has 2 spiro atoms. The van der Waals surface area contributed by atoms with Crippen LogP contribution in [0.4, 0.5) is 0 Å². The van der Waals surface area contributed by atoms with E-state index in [4.69, 9.17) is 15.6 Å². The van der Waals surface area contributed by atoms with Crippen LogP contribution < -0.4 is 11.1 Å². The van der Waals surface area contributed by atoms with Crippen LogP contribution in [0.25, 0.3) is 0 Å². The lowest BCUT2D eigenvalue weighted by Crippen LogP contribution is -2.71. The maximum Gasteiger partial charge on any atom is 0.316 e. The standard InChI is InChI=1S/C33H46N2O6S/c1-6-30(4)14-25(41-26(38)17-42-22-9-7-8-21(12-22)15-35-28(40)23(34)16-36)31(5)19(2)13-33-18-32(29(31)33,11-10-24(33)37)20(3)27(30)39/h6-9,12,19-20,23,25,27,29,36,39H,1,10-11,13-18,34H2,2-5H3,(H,35,40)/t19?,20-,23+,25+,27-,29?,30+,31-,32?,33?/m0/s1. The number of hydrogen-bond donors (Lipinski definition) is 4. The van der Waals surface area contributed by atoms with Gasteiger partial charge in [-0.2, -0.15) is 0 Å². The lowest BCUT2D eigenvalue weighted by molar-refractivity contribution is -0.257. The minimum absolute atomic E-state index is 0.0139. The number of esters is 1. The SMILES string of the molecule is C=C[C@]1(C)C[C@@H](OC(=O)CSc2cccc(CNC(=O)[C@H](N)CO)c2)[C@]2(C)C(C)CC34CC(CCC3=O)(C42)[C@@H](C)[C@@H]1O. The van der Waals surface area contributed by atoms with Crippen LogP contribution in [0, 0.1) is 39.4 Å². The predicted molar refractivity (Wildman–Crippen MR) is 161 cm³/mol. The van der Waals surface area contributed by atoms with Gasteiger partial charge in [-0.3, -0.25) is 14.4 Å². The monoisotopic (exact) mass is 598 g/mol. The Hall–Kier alpha value is -2.20. The number of carbonyl (C=O) groups excluding carboxylic acids is 3. The molecule has 1 aromatic carbocycles. The Labute approximate surface area is 253 Å². The first-order chi connectivity index (χ1) is 19.8. The van der Waals surface area contributed by atoms with E-state index in [1.165, 1.54) is 11.8 Å². The molecule has 5 rings (SSSR count). The largest absolute Gasteiger partial charge is 0.461 e. The zero-order chi connectivity index (χ0) is 30.7. The highest BCUT2D eigenvalue weighted by Crippen LogP contribution is 2.82. The van der Waals surface area contributed by atoms with Crippen molar-refractivity contribution in [3.05, 3.63) is 42.5 Å². The molecule has 0 saturated heterocycles. The Morgan fingerprint density at radius 3 is 2.71 bits per heavy atom. The van der Waals surface area contributed by atoms with Crippen LogP contribution in [0.15, 0.2) is 41.8 Å². The molecule has 1 amide bonds. The number of Topliss-reactive ketones (excluding diaryl/α,β-unsaturated/α-hetero) is 1. The first-order valence-electron chi connectivity index (χ1n) is 15.2. The van der Waals surface area contributed by atoms with Crippen molar-refractivity contribution >= 4 is 29.4 Å². The fraction of sp³-hybridized carbons (Fsp3) is 0.667. The fourth-order valence-electron chi connectivity index (χ4n) is 9.50. The van der Waals surface area contributed by atoms with Gasteiger partial charge in [0.25, 0.3) is 0 Å². The maximum absolute atomic E-state index is 13.5. The summed E-state index contributed by atoms with van der Waals surface area (Å²) in [5, 5.41) is 23.5. The molecule has 4 aliphatic rings. The number of hydrogen-bond acceptors (Lipinski definition) is 8. The second kappa shape index (κ2) is 11.1. The Morgan fingerprint density at radius 1 is 1.29 bits per heavy atom. The van der Waals surface area contributed by atoms with Crippen LogP contribution >= 0.6 is 11.8 Å². The number of rotatable bonds is 9. The third-order valence-electron chi connectivity index (χ3n) is 11.9. The highest BCUT2D eigenvalue weighted by Gasteiger charge is 2.81. The van der Waals surface area contributed by atoms with E-state index < -0.39 is 36.2 Å². The summed E-state index contributed by atoms with van der Waals surface area (Å²) in [4.78, 5) is 39.7. The molecule has 4 saturated carbocycles. The average molecular weight is 599 g/mol. The van der Waals surface area contributed by atoms with Gasteiger partial charge in [-0.1, -0.05) is 45.9 Å². The summed E-state index contributed by atoms with van der Waals surface area (Å²) < 4.78 is 6.40. The summed E-state index contributed by atoms with van der Waals surface area (Å²) in [6.07, 6.45) is 4.19. The third kappa shape index (κ3) is 4.66. The van der Waals surface area contributed by atoms with Gasteiger partial charge in [0.15, 0.2) is 0 Å². The van der Waals surface area contributed by atoms with E-state index in [1.54, 1.807) is 0 Å². The van der Waals surface area contributed by atoms with Crippen molar-refractivity contribution in [2.75, 3.05) is 12.4 Å². The Kier molecular flexibility index (Phi) is 8.22. The quantitative estimate of drug-likeness (QED) is 0.192. The molecule has 4 fully saturated rings. The Balaban J connectivity index is 1.34. The van der Waals surface area contributed by atoms with Gasteiger partial charge in [0.1, 0.15) is 17.9 Å². The first kappa shape index (κ1) is 31.2. The van der Waals surface area contributed by atoms with Gasteiger partial charge in [-0.25, -0.2) is 0 Å². The number of nitrogens with one attached hydrogen (secondary N) is 1. The summed E-state index contributed by atoms with van der Waals surface area (Å²) in [7, 11) is 0. The first-order valence-corrected chi connectivity index (χ1v) is 16.2. The van der Waals surface area contributed by atoms with Crippen molar-refractivity contribution in [2.45, 2.75) is 89.5 Å². The minimum atomic E-state index is -0.968. The summed E-state index contributed by atoms with van der Waals surface area (Å²) in [6, 6.07) is 6.57. The Bertz CT molecular complexity index is 1270. The van der Waals surface area contributed by atoms with Gasteiger partial charge in [0.05, 0.1) is 18.5 Å². The molecule has 8 nitrogen and oxygen atoms in total. The van der Waals surface area contributed by atoms with Crippen molar-refractivity contribution in [3.63, 3.8) is 0 Å². The van der Waals surface area contributed by atoms with Crippen LogP contribution in [0.5, 0.6) is 0 Å². The zero-order valence-corrected chi connectivity index (χ0v) is 26.0. The van der Waals surface area contributed by atoms with Gasteiger partial charge < -0.3 is 26.0 Å². The fourth-order valence-corrected chi connectivity index (χ4v) is 10.3. The number of nitrogens with two attached hydrogens (primary N) is 1. The topological polar surface area (TPSA) is 139 Å². The molecule has 9 heteroatoms. The number of benzene rings is 1. The summed E-state index contributed by atoms with van der Waals surface area (Å²) >= 11 is 1.37. The lowest BCUT2D eigenvalue weighted by atomic mass is 9.32. The number of ketones is 1. The van der Waals surface area contributed by atoms with Crippen molar-refractivity contribution in [1.82, 2.24) is 5.32 Å². The Morgan fingerprint density at radius 2 is 2.02 bits per heavy atom. The van der Waals surface area contributed by atoms with Gasteiger partial charge in [0.2, 0.25) is 5.91 Å². The number of carbonyl (C=O) groups is 3. The normalized spacial score (nSPS) is 41.0. The van der Waals surface area contributed by atoms with E-state index in [2.05, 4.69) is 32.7 Å². The molecule has 230 valence electrons. The molecule has 4 aliphatic carbocycles. The third-order valence-corrected chi connectivity index (χ3v) is 12.8. The van der Waals surface area contributed by atoms with Gasteiger partial charge in [-0.15, -0.1) is 18.3 Å². The van der Waals surface area contributed by atoms with E-state index in [1.807, 2.05) is 37.3 Å². The van der Waals surface area contributed by atoms with E-state index >= 15 is 0 Å². The second-order valence-electron chi connectivity index (χ2n) is 14.0. The molecule has 0 radical (unpaired) electrons. The molecular weight excluding hydrogens is 552 g/mol. The number of amides is 1. The van der Waals surface area contributed by atoms with Crippen LogP contribution in [0.1, 0.15) is 65.4 Å². The molecule has 42 heavy (non-hydrogen) atoms. The van der Waals surface area contributed by atoms with E-state index in [0.29, 0.717) is 18.6 Å². The number of aliphatic hydroxyl groups excluding tert-OH is 2. The molecule has 2 bridgehead atoms. The van der Waals surface area contributed by atoms with E-state index in [0.717, 1.165) is 29.7 Å². The number of aliphatic hydroxyl groups is 2. The van der Waals surface area contributed by atoms with Gasteiger partial charge in [-0.05, 0) is 66.5 Å². The molecule has 0 aromatic heterocycles. The highest BCUT2D eigenvalue weighted by atomic mass is 32.2. The van der Waals surface area contributed by atoms with Crippen molar-refractivity contribution in [2.24, 2.45) is 45.1 Å². The highest BCUT2D eigenvalue weighted by molar-refractivity contribution is 8.00. The molecule has 10 atom stereocenters. The maximum atomic E-state index is 13.5. The average Bonchev–Trinajstić information content (AvgIpc) is 3.16. The van der Waals surface area contributed by atoms with Crippen LogP contribution in [-0.4, -0.2) is 58.5 Å². The minimum Gasteiger partial charge on any atom is -0.461 e. The van der Waals surface area contributed by atoms with Crippen LogP contribution in [0.2, 0.25) is 0 Å². The molecule has 4 unspecified atom stereocenters. The summed E-state index contributed by atoms with van der Waals surface area (Å²) in [5.41, 5.74) is 4.88. The summed E-state index contributed by atoms with van der Waals surface area (Å²) in [6.45, 7) is 12.6. The second-order valence-corrected chi connectivity index (χ2v) is 15.0. The van der Waals surface area contributed by atoms with Crippen molar-refractivity contribution in [1.29, 1.82) is 0 Å². The predicted octanol–water partition coefficient (Wildman–Crippen LogP) is 3.62. The lowest BCUT2D eigenvalue weighted by Gasteiger charge is -2.71. The van der Waals surface area contributed by atoms with Gasteiger partial charge in [0, 0.05) is 34.1 Å². The number of thioether (sulfide) groups is 1. The molecule has 1 aromatic rings. The molecule has 0 aliphatic heterocycles. The smallest absolute Gasteiger partial charge is 0.316 e. The number of ether oxygens (including phenoxy) is 1. The van der Waals surface area contributed by atoms with Crippen molar-refractivity contribution < 1.29 is 29.3 Å². The van der Waals surface area contributed by atoms with E-state index in [-0.39, 0.29) is 52.3 Å².